The van der Waals surface area contributed by atoms with Crippen LogP contribution in [0.2, 0.25) is 0 Å². The Morgan fingerprint density at radius 2 is 2.14 bits per heavy atom. The molecule has 2 aromatic heterocycles. The summed E-state index contributed by atoms with van der Waals surface area (Å²) in [5.41, 5.74) is 0.523. The standard InChI is InChI=1S/C13H7N5O2S/c14-8-9-4-5-10(7-11(9)18(19)20)21-13-16-15-12-3-1-2-6-17(12)13/h1-7H. The number of rotatable bonds is 3. The van der Waals surface area contributed by atoms with Gasteiger partial charge in [-0.3, -0.25) is 14.5 Å². The van der Waals surface area contributed by atoms with Gasteiger partial charge in [-0.15, -0.1) is 10.2 Å². The summed E-state index contributed by atoms with van der Waals surface area (Å²) in [5.74, 6) is 0. The van der Waals surface area contributed by atoms with Gasteiger partial charge in [-0.1, -0.05) is 6.07 Å². The molecule has 7 nitrogen and oxygen atoms in total. The van der Waals surface area contributed by atoms with E-state index in [1.807, 2.05) is 30.5 Å². The molecule has 0 fully saturated rings. The van der Waals surface area contributed by atoms with Crippen molar-refractivity contribution in [3.63, 3.8) is 0 Å². The van der Waals surface area contributed by atoms with Crippen molar-refractivity contribution >= 4 is 23.1 Å². The summed E-state index contributed by atoms with van der Waals surface area (Å²) in [6, 6.07) is 11.8. The van der Waals surface area contributed by atoms with Gasteiger partial charge in [0.2, 0.25) is 0 Å². The summed E-state index contributed by atoms with van der Waals surface area (Å²) in [6.07, 6.45) is 1.82. The monoisotopic (exact) mass is 297 g/mol. The Morgan fingerprint density at radius 3 is 2.90 bits per heavy atom. The second-order valence-electron chi connectivity index (χ2n) is 4.06. The number of benzene rings is 1. The van der Waals surface area contributed by atoms with Gasteiger partial charge >= 0.3 is 0 Å². The maximum Gasteiger partial charge on any atom is 0.288 e. The maximum absolute atomic E-state index is 11.0. The molecule has 0 aliphatic carbocycles. The van der Waals surface area contributed by atoms with Gasteiger partial charge < -0.3 is 0 Å². The molecule has 0 saturated heterocycles. The second-order valence-corrected chi connectivity index (χ2v) is 5.10. The summed E-state index contributed by atoms with van der Waals surface area (Å²) < 4.78 is 1.79. The summed E-state index contributed by atoms with van der Waals surface area (Å²) in [5, 5.41) is 28.5. The number of aromatic nitrogens is 3. The second kappa shape index (κ2) is 5.22. The number of nitro benzene ring substituents is 1. The Labute approximate surface area is 123 Å². The molecule has 0 saturated carbocycles. The minimum Gasteiger partial charge on any atom is -0.277 e. The SMILES string of the molecule is N#Cc1ccc(Sc2nnc3ccccn23)cc1[N+](=O)[O-]. The third kappa shape index (κ3) is 2.42. The molecular weight excluding hydrogens is 290 g/mol. The lowest BCUT2D eigenvalue weighted by Crippen LogP contribution is -1.93. The fourth-order valence-corrected chi connectivity index (χ4v) is 2.67. The smallest absolute Gasteiger partial charge is 0.277 e. The molecule has 1 aromatic carbocycles. The Morgan fingerprint density at radius 1 is 1.29 bits per heavy atom. The molecule has 3 rings (SSSR count). The molecule has 2 heterocycles. The summed E-state index contributed by atoms with van der Waals surface area (Å²) in [4.78, 5) is 11.0. The first-order chi connectivity index (χ1) is 10.2. The first kappa shape index (κ1) is 13.1. The lowest BCUT2D eigenvalue weighted by Gasteiger charge is -2.01. The van der Waals surface area contributed by atoms with Crippen molar-refractivity contribution in [2.75, 3.05) is 0 Å². The van der Waals surface area contributed by atoms with E-state index in [1.54, 1.807) is 10.5 Å². The van der Waals surface area contributed by atoms with E-state index in [0.717, 1.165) is 0 Å². The highest BCUT2D eigenvalue weighted by Crippen LogP contribution is 2.30. The predicted molar refractivity (Wildman–Crippen MR) is 74.9 cm³/mol. The molecule has 0 atom stereocenters. The predicted octanol–water partition coefficient (Wildman–Crippen LogP) is 2.66. The fourth-order valence-electron chi connectivity index (χ4n) is 1.82. The topological polar surface area (TPSA) is 97.1 Å². The van der Waals surface area contributed by atoms with Crippen molar-refractivity contribution in [1.82, 2.24) is 14.6 Å². The first-order valence-electron chi connectivity index (χ1n) is 5.85. The average molecular weight is 297 g/mol. The van der Waals surface area contributed by atoms with E-state index >= 15 is 0 Å². The Hall–Kier alpha value is -2.92. The maximum atomic E-state index is 11.0. The van der Waals surface area contributed by atoms with Gasteiger partial charge in [0.25, 0.3) is 5.69 Å². The third-order valence-electron chi connectivity index (χ3n) is 2.78. The van der Waals surface area contributed by atoms with Crippen LogP contribution in [0.5, 0.6) is 0 Å². The zero-order valence-electron chi connectivity index (χ0n) is 10.5. The molecule has 0 N–H and O–H groups in total. The van der Waals surface area contributed by atoms with Crippen molar-refractivity contribution in [2.45, 2.75) is 10.1 Å². The number of hydrogen-bond acceptors (Lipinski definition) is 6. The number of pyridine rings is 1. The molecule has 0 spiro atoms. The minimum atomic E-state index is -0.565. The highest BCUT2D eigenvalue weighted by atomic mass is 32.2. The normalized spacial score (nSPS) is 10.4. The van der Waals surface area contributed by atoms with E-state index in [0.29, 0.717) is 15.7 Å². The van der Waals surface area contributed by atoms with Crippen molar-refractivity contribution in [1.29, 1.82) is 5.26 Å². The van der Waals surface area contributed by atoms with Gasteiger partial charge in [-0.2, -0.15) is 5.26 Å². The molecule has 0 radical (unpaired) electrons. The molecule has 0 aliphatic heterocycles. The number of nitrogens with zero attached hydrogens (tertiary/aromatic N) is 5. The molecular formula is C13H7N5O2S. The molecule has 0 unspecified atom stereocenters. The highest BCUT2D eigenvalue weighted by molar-refractivity contribution is 7.99. The van der Waals surface area contributed by atoms with Crippen LogP contribution in [0.1, 0.15) is 5.56 Å². The highest BCUT2D eigenvalue weighted by Gasteiger charge is 2.16. The quantitative estimate of drug-likeness (QED) is 0.544. The van der Waals surface area contributed by atoms with Crippen LogP contribution in [0.25, 0.3) is 5.65 Å². The van der Waals surface area contributed by atoms with Crippen molar-refractivity contribution in [2.24, 2.45) is 0 Å². The van der Waals surface area contributed by atoms with E-state index < -0.39 is 4.92 Å². The molecule has 8 heteroatoms. The van der Waals surface area contributed by atoms with Crippen LogP contribution in [0.15, 0.2) is 52.6 Å². The molecule has 3 aromatic rings. The number of nitriles is 1. The summed E-state index contributed by atoms with van der Waals surface area (Å²) in [7, 11) is 0. The summed E-state index contributed by atoms with van der Waals surface area (Å²) >= 11 is 1.25. The van der Waals surface area contributed by atoms with Crippen LogP contribution in [-0.4, -0.2) is 19.5 Å². The van der Waals surface area contributed by atoms with Gasteiger partial charge in [0.1, 0.15) is 11.6 Å². The lowest BCUT2D eigenvalue weighted by molar-refractivity contribution is -0.385. The van der Waals surface area contributed by atoms with Crippen molar-refractivity contribution in [3.8, 4) is 6.07 Å². The Bertz CT molecular complexity index is 884. The third-order valence-corrected chi connectivity index (χ3v) is 3.73. The van der Waals surface area contributed by atoms with E-state index in [9.17, 15) is 10.1 Å². The zero-order valence-corrected chi connectivity index (χ0v) is 11.3. The Kier molecular flexibility index (Phi) is 3.25. The molecule has 102 valence electrons. The number of nitro groups is 1. The Balaban J connectivity index is 2.01. The first-order valence-corrected chi connectivity index (χ1v) is 6.67. The van der Waals surface area contributed by atoms with E-state index in [1.165, 1.54) is 23.9 Å². The van der Waals surface area contributed by atoms with Gasteiger partial charge in [-0.25, -0.2) is 0 Å². The van der Waals surface area contributed by atoms with E-state index in [-0.39, 0.29) is 11.3 Å². The van der Waals surface area contributed by atoms with Gasteiger partial charge in [0.05, 0.1) is 4.92 Å². The van der Waals surface area contributed by atoms with Crippen molar-refractivity contribution < 1.29 is 4.92 Å². The molecule has 0 bridgehead atoms. The molecule has 0 aliphatic rings. The van der Waals surface area contributed by atoms with Crippen LogP contribution in [-0.2, 0) is 0 Å². The van der Waals surface area contributed by atoms with Crippen molar-refractivity contribution in [3.05, 3.63) is 58.3 Å². The lowest BCUT2D eigenvalue weighted by atomic mass is 10.2. The van der Waals surface area contributed by atoms with Gasteiger partial charge in [-0.05, 0) is 36.0 Å². The number of fused-ring (bicyclic) bond motifs is 1. The largest absolute Gasteiger partial charge is 0.288 e. The number of hydrogen-bond donors (Lipinski definition) is 0. The zero-order chi connectivity index (χ0) is 14.8. The minimum absolute atomic E-state index is 0.0375. The molecule has 21 heavy (non-hydrogen) atoms. The van der Waals surface area contributed by atoms with Crippen LogP contribution >= 0.6 is 11.8 Å². The average Bonchev–Trinajstić information content (AvgIpc) is 2.90. The van der Waals surface area contributed by atoms with Gasteiger partial charge in [0, 0.05) is 17.2 Å². The van der Waals surface area contributed by atoms with Crippen LogP contribution in [0.3, 0.4) is 0 Å². The fraction of sp³-hybridized carbons (Fsp3) is 0. The van der Waals surface area contributed by atoms with Crippen LogP contribution in [0, 0.1) is 21.4 Å². The summed E-state index contributed by atoms with van der Waals surface area (Å²) in [6.45, 7) is 0. The van der Waals surface area contributed by atoms with Gasteiger partial charge in [0.15, 0.2) is 10.8 Å². The van der Waals surface area contributed by atoms with Crippen LogP contribution < -0.4 is 0 Å². The van der Waals surface area contributed by atoms with Crippen LogP contribution in [0.4, 0.5) is 5.69 Å². The van der Waals surface area contributed by atoms with E-state index in [4.69, 9.17) is 5.26 Å². The molecule has 0 amide bonds. The van der Waals surface area contributed by atoms with E-state index in [2.05, 4.69) is 10.2 Å².